The van der Waals surface area contributed by atoms with Crippen LogP contribution in [0.4, 0.5) is 16.7 Å². The number of ether oxygens (including phenoxy) is 1. The molecule has 0 unspecified atom stereocenters. The monoisotopic (exact) mass is 802 g/mol. The number of imidazole rings is 2. The summed E-state index contributed by atoms with van der Waals surface area (Å²) in [4.78, 5) is 48.0. The van der Waals surface area contributed by atoms with E-state index in [2.05, 4.69) is 58.8 Å². The summed E-state index contributed by atoms with van der Waals surface area (Å²) in [6.45, 7) is 11.1. The number of anilines is 2. The van der Waals surface area contributed by atoms with Crippen LogP contribution in [-0.2, 0) is 40.1 Å². The maximum absolute atomic E-state index is 11.9. The second-order valence-electron chi connectivity index (χ2n) is 13.8. The van der Waals surface area contributed by atoms with Gasteiger partial charge in [-0.05, 0) is 84.1 Å². The highest BCUT2D eigenvalue weighted by Gasteiger charge is 2.20. The Morgan fingerprint density at radius 2 is 1.57 bits per heavy atom. The Labute approximate surface area is 337 Å². The number of rotatable bonds is 21. The van der Waals surface area contributed by atoms with Gasteiger partial charge >= 0.3 is 6.09 Å². The molecule has 0 aliphatic heterocycles. The van der Waals surface area contributed by atoms with Crippen molar-refractivity contribution in [3.63, 3.8) is 0 Å². The van der Waals surface area contributed by atoms with E-state index < -0.39 is 11.7 Å². The Hall–Kier alpha value is -5.27. The van der Waals surface area contributed by atoms with E-state index in [4.69, 9.17) is 28.2 Å². The number of nitrogens with zero attached hydrogens (tertiary/aromatic N) is 9. The lowest BCUT2D eigenvalue weighted by Crippen LogP contribution is -2.28. The van der Waals surface area contributed by atoms with Crippen LogP contribution in [0.1, 0.15) is 122 Å². The number of halogens is 1. The van der Waals surface area contributed by atoms with Crippen molar-refractivity contribution in [1.29, 1.82) is 0 Å². The molecule has 0 fully saturated rings. The maximum Gasteiger partial charge on any atom is 0.421 e. The number of amides is 2. The molecule has 0 aliphatic rings. The lowest BCUT2D eigenvalue weighted by molar-refractivity contribution is -0.122. The summed E-state index contributed by atoms with van der Waals surface area (Å²) in [6, 6.07) is 0. The van der Waals surface area contributed by atoms with Gasteiger partial charge in [0.1, 0.15) is 18.7 Å². The molecule has 3 aromatic rings. The number of nitrogens with two attached hydrogens (primary N) is 2. The number of nitrogens with one attached hydrogen (secondary N) is 3. The van der Waals surface area contributed by atoms with Crippen LogP contribution in [-0.4, -0.2) is 77.7 Å². The molecule has 0 aromatic carbocycles. The average Bonchev–Trinajstić information content (AvgIpc) is 3.86. The minimum absolute atomic E-state index is 0. The molecule has 0 atom stereocenters. The summed E-state index contributed by atoms with van der Waals surface area (Å²) in [7, 11) is 0. The van der Waals surface area contributed by atoms with Crippen LogP contribution >= 0.6 is 12.4 Å². The molecule has 2 amide bonds. The maximum atomic E-state index is 11.9. The van der Waals surface area contributed by atoms with Gasteiger partial charge in [-0.1, -0.05) is 49.9 Å². The van der Waals surface area contributed by atoms with Crippen molar-refractivity contribution >= 4 is 42.2 Å². The van der Waals surface area contributed by atoms with E-state index in [9.17, 15) is 14.4 Å². The largest absolute Gasteiger partial charge is 0.443 e. The highest BCUT2D eigenvalue weighted by atomic mass is 35.5. The number of azide groups is 1. The van der Waals surface area contributed by atoms with Crippen LogP contribution in [0.3, 0.4) is 0 Å². The van der Waals surface area contributed by atoms with E-state index in [1.807, 2.05) is 33.9 Å². The molecular formula is C37H63ClN14O4. The van der Waals surface area contributed by atoms with Gasteiger partial charge in [-0.15, -0.1) is 29.8 Å². The van der Waals surface area contributed by atoms with Crippen LogP contribution < -0.4 is 22.1 Å². The van der Waals surface area contributed by atoms with Crippen molar-refractivity contribution in [3.05, 3.63) is 46.1 Å². The van der Waals surface area contributed by atoms with Crippen LogP contribution in [0.15, 0.2) is 23.7 Å². The number of aromatic amines is 1. The molecule has 3 aromatic heterocycles. The highest BCUT2D eigenvalue weighted by molar-refractivity contribution is 5.85. The average molecular weight is 803 g/mol. The van der Waals surface area contributed by atoms with Gasteiger partial charge in [0.15, 0.2) is 5.95 Å². The molecule has 0 saturated heterocycles. The fourth-order valence-electron chi connectivity index (χ4n) is 4.73. The Morgan fingerprint density at radius 3 is 2.16 bits per heavy atom. The normalized spacial score (nSPS) is 10.3. The zero-order chi connectivity index (χ0) is 40.9. The first-order valence-corrected chi connectivity index (χ1v) is 19.0. The van der Waals surface area contributed by atoms with Gasteiger partial charge < -0.3 is 31.8 Å². The summed E-state index contributed by atoms with van der Waals surface area (Å²) in [5, 5.41) is 16.7. The molecule has 312 valence electrons. The van der Waals surface area contributed by atoms with Crippen LogP contribution in [0, 0.1) is 12.3 Å². The van der Waals surface area contributed by atoms with E-state index in [-0.39, 0.29) is 43.3 Å². The van der Waals surface area contributed by atoms with Crippen molar-refractivity contribution in [2.24, 2.45) is 5.11 Å². The summed E-state index contributed by atoms with van der Waals surface area (Å²) in [6.07, 6.45) is 23.7. The molecule has 0 saturated carbocycles. The molecule has 0 radical (unpaired) electrons. The summed E-state index contributed by atoms with van der Waals surface area (Å²) < 4.78 is 8.11. The van der Waals surface area contributed by atoms with Gasteiger partial charge in [-0.3, -0.25) is 9.59 Å². The number of aromatic nitrogens is 7. The van der Waals surface area contributed by atoms with E-state index in [0.29, 0.717) is 12.5 Å². The van der Waals surface area contributed by atoms with Crippen molar-refractivity contribution < 1.29 is 19.1 Å². The lowest BCUT2D eigenvalue weighted by atomic mass is 10.1. The van der Waals surface area contributed by atoms with Crippen LogP contribution in [0.2, 0.25) is 0 Å². The number of nitrogen functional groups attached to an aromatic ring is 2. The molecule has 18 nitrogen and oxygen atoms in total. The topological polar surface area (TPSA) is 263 Å². The molecule has 0 aliphatic carbocycles. The van der Waals surface area contributed by atoms with Gasteiger partial charge in [0, 0.05) is 42.5 Å². The first kappa shape index (κ1) is 50.7. The standard InChI is InChI=1S/C16H27N7O.C15H23N3O2.C6H12N4O.ClH/c1-2-3-9-18-15(24)12-23-11-14(21-22-23)8-6-4-5-7-13-10-19-16(17)20-13;1-5-6-7-8-9-10-12-11-18(13(16)17-12)14(19)20-15(2,3)4;1-2-3-4-8-6(11)5-9-10-7;/h10-11H,2-9,12H2,1H3,(H,18,24)(H3,17,19,20);1,11H,6-10H2,2-4H3,(H2,16,17);2-5H2,1H3,(H,8,11);1H. The Morgan fingerprint density at radius 1 is 0.946 bits per heavy atom. The van der Waals surface area contributed by atoms with Gasteiger partial charge in [-0.2, -0.15) is 0 Å². The minimum atomic E-state index is -0.552. The number of aryl methyl sites for hydroxylation is 3. The second-order valence-corrected chi connectivity index (χ2v) is 13.8. The summed E-state index contributed by atoms with van der Waals surface area (Å²) in [5.41, 5.74) is 21.4. The number of carbonyl (C=O) groups excluding carboxylic acids is 3. The van der Waals surface area contributed by atoms with Gasteiger partial charge in [0.25, 0.3) is 0 Å². The fourth-order valence-corrected chi connectivity index (χ4v) is 4.73. The zero-order valence-corrected chi connectivity index (χ0v) is 34.6. The highest BCUT2D eigenvalue weighted by Crippen LogP contribution is 2.14. The van der Waals surface area contributed by atoms with Crippen molar-refractivity contribution in [3.8, 4) is 12.3 Å². The van der Waals surface area contributed by atoms with E-state index in [1.54, 1.807) is 17.1 Å². The van der Waals surface area contributed by atoms with Crippen LogP contribution in [0.25, 0.3) is 10.4 Å². The predicted octanol–water partition coefficient (Wildman–Crippen LogP) is 6.07. The van der Waals surface area contributed by atoms with Crippen molar-refractivity contribution in [2.75, 3.05) is 31.1 Å². The Balaban J connectivity index is 0.000000857. The number of unbranched alkanes of at least 4 members (excludes halogenated alkanes) is 7. The molecule has 19 heteroatoms. The molecule has 3 heterocycles. The minimum Gasteiger partial charge on any atom is -0.443 e. The van der Waals surface area contributed by atoms with Crippen molar-refractivity contribution in [2.45, 2.75) is 137 Å². The lowest BCUT2D eigenvalue weighted by Gasteiger charge is -2.19. The predicted molar refractivity (Wildman–Crippen MR) is 221 cm³/mol. The molecule has 3 rings (SSSR count). The van der Waals surface area contributed by atoms with Gasteiger partial charge in [0.2, 0.25) is 17.8 Å². The van der Waals surface area contributed by atoms with Crippen LogP contribution in [0.5, 0.6) is 0 Å². The molecule has 0 bridgehead atoms. The molecule has 56 heavy (non-hydrogen) atoms. The number of H-pyrrole nitrogens is 1. The number of hydrogen-bond acceptors (Lipinski definition) is 11. The number of terminal acetylenes is 1. The number of carbonyl (C=O) groups is 3. The van der Waals surface area contributed by atoms with Crippen molar-refractivity contribution in [1.82, 2.24) is 45.1 Å². The molecule has 7 N–H and O–H groups in total. The van der Waals surface area contributed by atoms with E-state index in [1.165, 1.54) is 4.57 Å². The van der Waals surface area contributed by atoms with Gasteiger partial charge in [0.05, 0.1) is 17.6 Å². The summed E-state index contributed by atoms with van der Waals surface area (Å²) in [5.74, 6) is 3.03. The third-order valence-corrected chi connectivity index (χ3v) is 7.53. The Kier molecular flexibility index (Phi) is 27.2. The third-order valence-electron chi connectivity index (χ3n) is 7.53. The first-order chi connectivity index (χ1) is 26.3. The zero-order valence-electron chi connectivity index (χ0n) is 33.8. The Bertz CT molecular complexity index is 1630. The first-order valence-electron chi connectivity index (χ1n) is 19.0. The quantitative estimate of drug-likeness (QED) is 0.0273. The fraction of sp³-hybridized carbons (Fsp3) is 0.649. The smallest absolute Gasteiger partial charge is 0.421 e. The molecule has 0 spiro atoms. The number of hydrogen-bond donors (Lipinski definition) is 5. The molecular weight excluding hydrogens is 740 g/mol. The second kappa shape index (κ2) is 30.0. The third kappa shape index (κ3) is 24.9. The SMILES string of the molecule is C#CCCCCCc1cn(C(=O)OC(C)(C)C)c(N)n1.CCCCNC(=O)CN=[N+]=[N-].CCCCNC(=O)Cn1cc(CCCCCc2cnc(N)[nH]2)nn1.Cl. The van der Waals surface area contributed by atoms with E-state index >= 15 is 0 Å². The van der Waals surface area contributed by atoms with E-state index in [0.717, 1.165) is 114 Å². The van der Waals surface area contributed by atoms with Gasteiger partial charge in [-0.25, -0.2) is 24.0 Å². The summed E-state index contributed by atoms with van der Waals surface area (Å²) >= 11 is 0.